The van der Waals surface area contributed by atoms with Crippen LogP contribution >= 0.6 is 12.6 Å². The van der Waals surface area contributed by atoms with Gasteiger partial charge in [0.05, 0.1) is 0 Å². The van der Waals surface area contributed by atoms with Crippen molar-refractivity contribution in [1.29, 1.82) is 0 Å². The molecule has 0 saturated heterocycles. The maximum absolute atomic E-state index is 11.1. The molecule has 0 aromatic heterocycles. The van der Waals surface area contributed by atoms with Crippen LogP contribution in [0, 0.1) is 0 Å². The summed E-state index contributed by atoms with van der Waals surface area (Å²) in [4.78, 5) is 22.1. The van der Waals surface area contributed by atoms with Crippen LogP contribution in [0.2, 0.25) is 0 Å². The fourth-order valence-corrected chi connectivity index (χ4v) is 1.14. The summed E-state index contributed by atoms with van der Waals surface area (Å²) in [5.41, 5.74) is 5.50. The lowest BCUT2D eigenvalue weighted by molar-refractivity contribution is -0.122. The van der Waals surface area contributed by atoms with Gasteiger partial charge >= 0.3 is 6.03 Å². The molecule has 1 atom stereocenters. The molecule has 0 aliphatic rings. The normalized spacial score (nSPS) is 11.7. The maximum atomic E-state index is 11.1. The van der Waals surface area contributed by atoms with Crippen molar-refractivity contribution >= 4 is 24.6 Å². The number of thiol groups is 1. The van der Waals surface area contributed by atoms with E-state index in [1.165, 1.54) is 7.05 Å². The molecular weight excluding hydrogens is 242 g/mol. The largest absolute Gasteiger partial charge is 0.357 e. The van der Waals surface area contributed by atoms with Crippen LogP contribution in [0.15, 0.2) is 0 Å². The quantitative estimate of drug-likeness (QED) is 0.177. The van der Waals surface area contributed by atoms with Gasteiger partial charge < -0.3 is 21.7 Å². The van der Waals surface area contributed by atoms with Crippen molar-refractivity contribution in [2.45, 2.75) is 12.6 Å². The van der Waals surface area contributed by atoms with E-state index in [9.17, 15) is 9.59 Å². The van der Waals surface area contributed by atoms with Gasteiger partial charge in [-0.3, -0.25) is 10.1 Å². The zero-order valence-electron chi connectivity index (χ0n) is 9.95. The third-order valence-corrected chi connectivity index (χ3v) is 2.15. The van der Waals surface area contributed by atoms with E-state index in [1.54, 1.807) is 0 Å². The van der Waals surface area contributed by atoms with E-state index in [4.69, 9.17) is 5.73 Å². The molecule has 0 spiro atoms. The highest BCUT2D eigenvalue weighted by Crippen LogP contribution is 1.78. The van der Waals surface area contributed by atoms with Gasteiger partial charge in [-0.25, -0.2) is 4.79 Å². The third-order valence-electron chi connectivity index (χ3n) is 1.93. The number of amides is 3. The molecule has 0 heterocycles. The van der Waals surface area contributed by atoms with Crippen molar-refractivity contribution in [2.75, 3.05) is 32.4 Å². The second-order valence-electron chi connectivity index (χ2n) is 3.31. The molecule has 100 valence electrons. The lowest BCUT2D eigenvalue weighted by atomic mass is 10.4. The van der Waals surface area contributed by atoms with Gasteiger partial charge in [0.15, 0.2) is 0 Å². The van der Waals surface area contributed by atoms with Gasteiger partial charge in [-0.05, 0) is 13.0 Å². The molecule has 6 N–H and O–H groups in total. The minimum absolute atomic E-state index is 0.213. The summed E-state index contributed by atoms with van der Waals surface area (Å²) in [6.45, 7) is 1.61. The minimum Gasteiger partial charge on any atom is -0.357 e. The molecule has 0 aromatic carbocycles. The Morgan fingerprint density at radius 2 is 1.88 bits per heavy atom. The van der Waals surface area contributed by atoms with Crippen LogP contribution in [0.3, 0.4) is 0 Å². The molecule has 1 unspecified atom stereocenters. The molecule has 0 aliphatic heterocycles. The third kappa shape index (κ3) is 8.78. The Morgan fingerprint density at radius 3 is 2.47 bits per heavy atom. The first-order valence-corrected chi connectivity index (χ1v) is 6.08. The second-order valence-corrected chi connectivity index (χ2v) is 3.75. The summed E-state index contributed by atoms with van der Waals surface area (Å²) in [6, 6.07) is -0.213. The van der Waals surface area contributed by atoms with E-state index in [-0.39, 0.29) is 11.9 Å². The summed E-state index contributed by atoms with van der Waals surface area (Å²) in [5, 5.41) is 10.6. The highest BCUT2D eigenvalue weighted by molar-refractivity contribution is 7.80. The predicted molar refractivity (Wildman–Crippen MR) is 69.9 cm³/mol. The number of carbonyl (C=O) groups is 2. The minimum atomic E-state index is -0.710. The second kappa shape index (κ2) is 10.2. The zero-order valence-corrected chi connectivity index (χ0v) is 10.8. The average molecular weight is 263 g/mol. The van der Waals surface area contributed by atoms with Crippen molar-refractivity contribution in [2.24, 2.45) is 5.73 Å². The van der Waals surface area contributed by atoms with Crippen LogP contribution in [0.5, 0.6) is 0 Å². The maximum Gasteiger partial charge on any atom is 0.314 e. The molecule has 3 amide bonds. The zero-order chi connectivity index (χ0) is 13.1. The molecule has 8 heteroatoms. The number of rotatable bonds is 8. The van der Waals surface area contributed by atoms with Gasteiger partial charge in [0.1, 0.15) is 6.17 Å². The van der Waals surface area contributed by atoms with Gasteiger partial charge in [-0.2, -0.15) is 12.6 Å². The van der Waals surface area contributed by atoms with E-state index < -0.39 is 6.17 Å². The van der Waals surface area contributed by atoms with Crippen LogP contribution < -0.4 is 27.0 Å². The standard InChI is InChI=1S/C9H21N5O2S/c1-11-8(15)7(10)12-3-2-4-13-9(16)14-5-6-17/h7,12,17H,2-6,10H2,1H3,(H,11,15)(H2,13,14,16). The van der Waals surface area contributed by atoms with E-state index in [0.29, 0.717) is 31.8 Å². The number of hydrogen-bond donors (Lipinski definition) is 6. The molecular formula is C9H21N5O2S. The summed E-state index contributed by atoms with van der Waals surface area (Å²) in [5.74, 6) is 0.347. The lowest BCUT2D eigenvalue weighted by Gasteiger charge is -2.12. The van der Waals surface area contributed by atoms with Crippen molar-refractivity contribution < 1.29 is 9.59 Å². The molecule has 7 nitrogen and oxygen atoms in total. The summed E-state index contributed by atoms with van der Waals surface area (Å²) >= 11 is 3.97. The van der Waals surface area contributed by atoms with Gasteiger partial charge in [-0.1, -0.05) is 0 Å². The molecule has 0 fully saturated rings. The Kier molecular flexibility index (Phi) is 9.59. The summed E-state index contributed by atoms with van der Waals surface area (Å²) < 4.78 is 0. The number of likely N-dealkylation sites (N-methyl/N-ethyl adjacent to an activating group) is 1. The fraction of sp³-hybridized carbons (Fsp3) is 0.778. The Labute approximate surface area is 107 Å². The van der Waals surface area contributed by atoms with Crippen LogP contribution in [0.4, 0.5) is 4.79 Å². The van der Waals surface area contributed by atoms with E-state index in [2.05, 4.69) is 33.9 Å². The van der Waals surface area contributed by atoms with Crippen molar-refractivity contribution in [1.82, 2.24) is 21.3 Å². The molecule has 0 bridgehead atoms. The van der Waals surface area contributed by atoms with E-state index in [1.807, 2.05) is 0 Å². The van der Waals surface area contributed by atoms with Crippen LogP contribution in [0.25, 0.3) is 0 Å². The van der Waals surface area contributed by atoms with Gasteiger partial charge in [0, 0.05) is 25.9 Å². The Bertz CT molecular complexity index is 239. The lowest BCUT2D eigenvalue weighted by Crippen LogP contribution is -2.49. The fourth-order valence-electron chi connectivity index (χ4n) is 1.03. The highest BCUT2D eigenvalue weighted by Gasteiger charge is 2.09. The number of nitrogens with one attached hydrogen (secondary N) is 4. The van der Waals surface area contributed by atoms with Crippen LogP contribution in [-0.4, -0.2) is 50.5 Å². The molecule has 17 heavy (non-hydrogen) atoms. The molecule has 0 aliphatic carbocycles. The molecule has 0 rings (SSSR count). The topological polar surface area (TPSA) is 108 Å². The first kappa shape index (κ1) is 16.0. The Hall–Kier alpha value is -0.990. The van der Waals surface area contributed by atoms with Crippen molar-refractivity contribution in [3.05, 3.63) is 0 Å². The van der Waals surface area contributed by atoms with Crippen LogP contribution in [0.1, 0.15) is 6.42 Å². The smallest absolute Gasteiger partial charge is 0.314 e. The number of urea groups is 1. The summed E-state index contributed by atoms with van der Waals surface area (Å²) in [7, 11) is 1.53. The Morgan fingerprint density at radius 1 is 1.24 bits per heavy atom. The first-order valence-electron chi connectivity index (χ1n) is 5.45. The predicted octanol–water partition coefficient (Wildman–Crippen LogP) is -1.77. The van der Waals surface area contributed by atoms with Gasteiger partial charge in [0.25, 0.3) is 5.91 Å². The molecule has 0 saturated carbocycles. The highest BCUT2D eigenvalue weighted by atomic mass is 32.1. The number of hydrogen-bond acceptors (Lipinski definition) is 5. The summed E-state index contributed by atoms with van der Waals surface area (Å²) in [6.07, 6.45) is -0.0167. The van der Waals surface area contributed by atoms with Gasteiger partial charge in [-0.15, -0.1) is 0 Å². The van der Waals surface area contributed by atoms with Gasteiger partial charge in [0.2, 0.25) is 0 Å². The SMILES string of the molecule is CNC(=O)C(N)NCCCNC(=O)NCCS. The molecule has 0 radical (unpaired) electrons. The number of carbonyl (C=O) groups excluding carboxylic acids is 2. The number of nitrogens with two attached hydrogens (primary N) is 1. The monoisotopic (exact) mass is 263 g/mol. The van der Waals surface area contributed by atoms with Crippen molar-refractivity contribution in [3.63, 3.8) is 0 Å². The first-order chi connectivity index (χ1) is 8.11. The Balaban J connectivity index is 3.40. The van der Waals surface area contributed by atoms with Crippen LogP contribution in [-0.2, 0) is 4.79 Å². The van der Waals surface area contributed by atoms with E-state index >= 15 is 0 Å². The van der Waals surface area contributed by atoms with Crippen molar-refractivity contribution in [3.8, 4) is 0 Å². The van der Waals surface area contributed by atoms with E-state index in [0.717, 1.165) is 0 Å². The average Bonchev–Trinajstić information content (AvgIpc) is 2.34. The molecule has 0 aromatic rings.